The van der Waals surface area contributed by atoms with Crippen molar-refractivity contribution in [2.75, 3.05) is 13.7 Å². The summed E-state index contributed by atoms with van der Waals surface area (Å²) in [7, 11) is 1.49. The lowest BCUT2D eigenvalue weighted by atomic mass is 10.1. The highest BCUT2D eigenvalue weighted by atomic mass is 35.5. The van der Waals surface area contributed by atoms with Crippen molar-refractivity contribution < 1.29 is 19.4 Å². The molecule has 0 amide bonds. The molecule has 0 radical (unpaired) electrons. The summed E-state index contributed by atoms with van der Waals surface area (Å²) in [5.41, 5.74) is 1.22. The maximum atomic E-state index is 12.5. The van der Waals surface area contributed by atoms with E-state index in [2.05, 4.69) is 4.99 Å². The second-order valence-electron chi connectivity index (χ2n) is 5.82. The van der Waals surface area contributed by atoms with Crippen LogP contribution in [-0.2, 0) is 9.53 Å². The number of hydrogen-bond acceptors (Lipinski definition) is 6. The van der Waals surface area contributed by atoms with Gasteiger partial charge in [0.05, 0.1) is 29.3 Å². The highest BCUT2D eigenvalue weighted by Gasteiger charge is 2.33. The molecule has 0 fully saturated rings. The highest BCUT2D eigenvalue weighted by molar-refractivity contribution is 8.18. The summed E-state index contributed by atoms with van der Waals surface area (Å²) in [6.07, 6.45) is 1.64. The van der Waals surface area contributed by atoms with E-state index in [1.807, 2.05) is 18.2 Å². The lowest BCUT2D eigenvalue weighted by Gasteiger charge is -2.08. The van der Waals surface area contributed by atoms with Crippen LogP contribution in [0.25, 0.3) is 6.08 Å². The largest absolute Gasteiger partial charge is 0.506 e. The fraction of sp³-hybridized carbons (Fsp3) is 0.143. The van der Waals surface area contributed by atoms with Gasteiger partial charge in [-0.3, -0.25) is 0 Å². The Morgan fingerprint density at radius 1 is 1.24 bits per heavy atom. The zero-order chi connectivity index (χ0) is 21.0. The SMILES string of the molecule is CCOC(=O)C1=C(O)/C(=C/c2cc(Cl)cc(Cl)c2OC)SC1=Nc1ccccc1. The smallest absolute Gasteiger partial charge is 0.344 e. The summed E-state index contributed by atoms with van der Waals surface area (Å²) in [6, 6.07) is 12.4. The summed E-state index contributed by atoms with van der Waals surface area (Å²) >= 11 is 13.5. The van der Waals surface area contributed by atoms with Crippen LogP contribution in [0.5, 0.6) is 5.75 Å². The first kappa shape index (κ1) is 21.3. The van der Waals surface area contributed by atoms with E-state index in [4.69, 9.17) is 32.7 Å². The van der Waals surface area contributed by atoms with Gasteiger partial charge in [0.2, 0.25) is 0 Å². The van der Waals surface area contributed by atoms with Crippen LogP contribution in [0.3, 0.4) is 0 Å². The molecule has 8 heteroatoms. The predicted molar refractivity (Wildman–Crippen MR) is 118 cm³/mol. The third kappa shape index (κ3) is 4.78. The van der Waals surface area contributed by atoms with Crippen molar-refractivity contribution in [1.29, 1.82) is 0 Å². The van der Waals surface area contributed by atoms with Gasteiger partial charge in [-0.25, -0.2) is 9.79 Å². The van der Waals surface area contributed by atoms with Gasteiger partial charge in [-0.05, 0) is 37.3 Å². The standard InChI is InChI=1S/C21H17Cl2NO4S/c1-3-28-21(26)17-18(25)16(29-20(17)24-14-7-5-4-6-8-14)10-12-9-13(22)11-15(23)19(12)27-2/h4-11,25H,3H2,1-2H3/b16-10-,24-20?. The van der Waals surface area contributed by atoms with Gasteiger partial charge in [-0.1, -0.05) is 53.2 Å². The van der Waals surface area contributed by atoms with E-state index in [1.54, 1.807) is 37.3 Å². The van der Waals surface area contributed by atoms with E-state index in [9.17, 15) is 9.90 Å². The average molecular weight is 450 g/mol. The molecule has 2 aromatic rings. The molecule has 0 spiro atoms. The maximum absolute atomic E-state index is 12.5. The molecule has 0 saturated carbocycles. The average Bonchev–Trinajstić information content (AvgIpc) is 2.97. The fourth-order valence-electron chi connectivity index (χ4n) is 2.66. The van der Waals surface area contributed by atoms with Gasteiger partial charge in [0, 0.05) is 10.6 Å². The molecular weight excluding hydrogens is 433 g/mol. The van der Waals surface area contributed by atoms with Crippen LogP contribution < -0.4 is 4.74 Å². The third-order valence-electron chi connectivity index (χ3n) is 3.88. The number of benzene rings is 2. The Morgan fingerprint density at radius 3 is 2.62 bits per heavy atom. The Labute approximate surface area is 182 Å². The minimum absolute atomic E-state index is 0.0130. The van der Waals surface area contributed by atoms with Crippen LogP contribution in [0, 0.1) is 0 Å². The number of ether oxygens (including phenoxy) is 2. The van der Waals surface area contributed by atoms with Gasteiger partial charge in [0.1, 0.15) is 22.1 Å². The Kier molecular flexibility index (Phi) is 6.90. The molecule has 1 aliphatic heterocycles. The maximum Gasteiger partial charge on any atom is 0.344 e. The van der Waals surface area contributed by atoms with Gasteiger partial charge in [-0.2, -0.15) is 0 Å². The van der Waals surface area contributed by atoms with Crippen LogP contribution in [0.1, 0.15) is 12.5 Å². The Hall–Kier alpha value is -2.41. The van der Waals surface area contributed by atoms with Gasteiger partial charge in [-0.15, -0.1) is 0 Å². The molecule has 1 N–H and O–H groups in total. The van der Waals surface area contributed by atoms with Crippen molar-refractivity contribution >= 4 is 57.7 Å². The van der Waals surface area contributed by atoms with E-state index in [1.165, 1.54) is 7.11 Å². The number of esters is 1. The van der Waals surface area contributed by atoms with Crippen molar-refractivity contribution in [3.63, 3.8) is 0 Å². The first-order valence-corrected chi connectivity index (χ1v) is 10.2. The molecular formula is C21H17Cl2NO4S. The zero-order valence-electron chi connectivity index (χ0n) is 15.6. The Morgan fingerprint density at radius 2 is 1.97 bits per heavy atom. The van der Waals surface area contributed by atoms with Crippen molar-refractivity contribution in [2.45, 2.75) is 6.92 Å². The number of halogens is 2. The number of carbonyl (C=O) groups is 1. The zero-order valence-corrected chi connectivity index (χ0v) is 17.9. The molecule has 150 valence electrons. The van der Waals surface area contributed by atoms with E-state index < -0.39 is 5.97 Å². The molecule has 0 saturated heterocycles. The third-order valence-corrected chi connectivity index (χ3v) is 5.40. The summed E-state index contributed by atoms with van der Waals surface area (Å²) < 4.78 is 10.4. The molecule has 0 atom stereocenters. The van der Waals surface area contributed by atoms with Gasteiger partial charge in [0.15, 0.2) is 0 Å². The fourth-order valence-corrected chi connectivity index (χ4v) is 4.27. The monoisotopic (exact) mass is 449 g/mol. The van der Waals surface area contributed by atoms with Crippen LogP contribution in [-0.4, -0.2) is 29.8 Å². The quantitative estimate of drug-likeness (QED) is 0.550. The topological polar surface area (TPSA) is 68.1 Å². The number of thioether (sulfide) groups is 1. The lowest BCUT2D eigenvalue weighted by molar-refractivity contribution is -0.138. The number of hydrogen-bond donors (Lipinski definition) is 1. The number of rotatable bonds is 5. The van der Waals surface area contributed by atoms with Gasteiger partial charge >= 0.3 is 5.97 Å². The number of para-hydroxylation sites is 1. The summed E-state index contributed by atoms with van der Waals surface area (Å²) in [6.45, 7) is 1.87. The number of aliphatic imine (C=N–C) groups is 1. The molecule has 0 aliphatic carbocycles. The second-order valence-corrected chi connectivity index (χ2v) is 7.69. The first-order valence-electron chi connectivity index (χ1n) is 8.62. The molecule has 1 aliphatic rings. The predicted octanol–water partition coefficient (Wildman–Crippen LogP) is 6.20. The van der Waals surface area contributed by atoms with Crippen molar-refractivity contribution in [3.8, 4) is 5.75 Å². The lowest BCUT2D eigenvalue weighted by Crippen LogP contribution is -2.12. The number of aliphatic hydroxyl groups is 1. The number of methoxy groups -OCH3 is 1. The van der Waals surface area contributed by atoms with E-state index in [-0.39, 0.29) is 17.9 Å². The van der Waals surface area contributed by atoms with E-state index >= 15 is 0 Å². The molecule has 0 unspecified atom stereocenters. The van der Waals surface area contributed by atoms with Crippen molar-refractivity contribution in [2.24, 2.45) is 4.99 Å². The molecule has 0 bridgehead atoms. The molecule has 2 aromatic carbocycles. The Balaban J connectivity index is 2.11. The normalized spacial score (nSPS) is 16.6. The van der Waals surface area contributed by atoms with Gasteiger partial charge < -0.3 is 14.6 Å². The highest BCUT2D eigenvalue weighted by Crippen LogP contribution is 2.42. The van der Waals surface area contributed by atoms with Crippen LogP contribution in [0.15, 0.2) is 63.7 Å². The summed E-state index contributed by atoms with van der Waals surface area (Å²) in [5.74, 6) is -0.462. The van der Waals surface area contributed by atoms with Crippen LogP contribution in [0.4, 0.5) is 5.69 Å². The molecule has 5 nitrogen and oxygen atoms in total. The molecule has 29 heavy (non-hydrogen) atoms. The number of aliphatic hydroxyl groups excluding tert-OH is 1. The molecule has 3 rings (SSSR count). The van der Waals surface area contributed by atoms with E-state index in [0.717, 1.165) is 11.8 Å². The second kappa shape index (κ2) is 9.39. The minimum atomic E-state index is -0.647. The summed E-state index contributed by atoms with van der Waals surface area (Å²) in [5, 5.41) is 11.8. The van der Waals surface area contributed by atoms with Gasteiger partial charge in [0.25, 0.3) is 0 Å². The summed E-state index contributed by atoms with van der Waals surface area (Å²) in [4.78, 5) is 17.4. The number of nitrogens with zero attached hydrogens (tertiary/aromatic N) is 1. The Bertz CT molecular complexity index is 1030. The first-order chi connectivity index (χ1) is 13.9. The molecule has 0 aromatic heterocycles. The van der Waals surface area contributed by atoms with Crippen LogP contribution in [0.2, 0.25) is 10.0 Å². The minimum Gasteiger partial charge on any atom is -0.506 e. The van der Waals surface area contributed by atoms with E-state index in [0.29, 0.717) is 37.0 Å². The molecule has 1 heterocycles. The van der Waals surface area contributed by atoms with Crippen molar-refractivity contribution in [1.82, 2.24) is 0 Å². The van der Waals surface area contributed by atoms with Crippen LogP contribution >= 0.6 is 35.0 Å². The number of carbonyl (C=O) groups excluding carboxylic acids is 1. The van der Waals surface area contributed by atoms with Crippen molar-refractivity contribution in [3.05, 3.63) is 74.3 Å².